The predicted molar refractivity (Wildman–Crippen MR) is 134 cm³/mol. The summed E-state index contributed by atoms with van der Waals surface area (Å²) < 4.78 is 26.7. The van der Waals surface area contributed by atoms with Gasteiger partial charge in [0, 0.05) is 32.6 Å². The third-order valence-corrected chi connectivity index (χ3v) is 7.77. The first kappa shape index (κ1) is 27.5. The van der Waals surface area contributed by atoms with Gasteiger partial charge in [-0.2, -0.15) is 0 Å². The minimum atomic E-state index is -3.61. The van der Waals surface area contributed by atoms with E-state index in [0.29, 0.717) is 19.4 Å². The van der Waals surface area contributed by atoms with E-state index in [1.54, 1.807) is 35.2 Å². The van der Waals surface area contributed by atoms with Crippen molar-refractivity contribution < 1.29 is 18.0 Å². The third kappa shape index (κ3) is 7.67. The Morgan fingerprint density at radius 3 is 2.09 bits per heavy atom. The summed E-state index contributed by atoms with van der Waals surface area (Å²) in [5, 5.41) is 2.99. The van der Waals surface area contributed by atoms with Crippen molar-refractivity contribution >= 4 is 21.8 Å². The normalized spacial score (nSPS) is 13.3. The number of nitrogens with zero attached hydrogens (tertiary/aromatic N) is 2. The van der Waals surface area contributed by atoms with Crippen molar-refractivity contribution in [3.8, 4) is 0 Å². The van der Waals surface area contributed by atoms with Crippen LogP contribution in [0, 0.1) is 0 Å². The molecule has 186 valence electrons. The van der Waals surface area contributed by atoms with E-state index in [4.69, 9.17) is 0 Å². The van der Waals surface area contributed by atoms with E-state index in [1.807, 2.05) is 51.1 Å². The second-order valence-electron chi connectivity index (χ2n) is 8.49. The maximum absolute atomic E-state index is 13.3. The molecule has 0 radical (unpaired) electrons. The molecule has 0 aliphatic rings. The monoisotopic (exact) mass is 487 g/mol. The lowest BCUT2D eigenvalue weighted by molar-refractivity contribution is -0.141. The van der Waals surface area contributed by atoms with Gasteiger partial charge in [0.1, 0.15) is 6.04 Å². The van der Waals surface area contributed by atoms with Crippen molar-refractivity contribution in [3.63, 3.8) is 0 Å². The standard InChI is InChI=1S/C26H37N3O4S/c1-5-21(3)27-26(31)24(6-2)29(20-22-14-9-7-10-15-22)25(30)18-13-19-28(4)34(32,33)23-16-11-8-12-17-23/h7-12,14-17,21,24H,5-6,13,18-20H2,1-4H3,(H,27,31)/t21-,24-/m1/s1. The number of carbonyl (C=O) groups is 2. The molecule has 0 saturated heterocycles. The van der Waals surface area contributed by atoms with Gasteiger partial charge in [0.15, 0.2) is 0 Å². The zero-order chi connectivity index (χ0) is 25.1. The molecule has 0 saturated carbocycles. The predicted octanol–water partition coefficient (Wildman–Crippen LogP) is 3.81. The third-order valence-electron chi connectivity index (χ3n) is 5.90. The summed E-state index contributed by atoms with van der Waals surface area (Å²) >= 11 is 0. The summed E-state index contributed by atoms with van der Waals surface area (Å²) in [6.45, 7) is 6.37. The molecule has 0 heterocycles. The van der Waals surface area contributed by atoms with Crippen LogP contribution < -0.4 is 5.32 Å². The maximum Gasteiger partial charge on any atom is 0.243 e. The van der Waals surface area contributed by atoms with Crippen LogP contribution in [-0.2, 0) is 26.2 Å². The fraction of sp³-hybridized carbons (Fsp3) is 0.462. The molecule has 0 aliphatic heterocycles. The maximum atomic E-state index is 13.3. The smallest absolute Gasteiger partial charge is 0.243 e. The average molecular weight is 488 g/mol. The van der Waals surface area contributed by atoms with Crippen molar-refractivity contribution in [2.24, 2.45) is 0 Å². The van der Waals surface area contributed by atoms with E-state index in [0.717, 1.165) is 12.0 Å². The Kier molecular flexibility index (Phi) is 10.7. The molecule has 0 spiro atoms. The highest BCUT2D eigenvalue weighted by Gasteiger charge is 2.29. The van der Waals surface area contributed by atoms with Gasteiger partial charge in [-0.05, 0) is 43.9 Å². The van der Waals surface area contributed by atoms with Crippen LogP contribution in [0.25, 0.3) is 0 Å². The van der Waals surface area contributed by atoms with E-state index in [1.165, 1.54) is 11.4 Å². The van der Waals surface area contributed by atoms with Gasteiger partial charge in [-0.15, -0.1) is 0 Å². The minimum absolute atomic E-state index is 0.0204. The molecular formula is C26H37N3O4S. The Hall–Kier alpha value is -2.71. The Bertz CT molecular complexity index is 1010. The summed E-state index contributed by atoms with van der Waals surface area (Å²) in [5.74, 6) is -0.328. The summed E-state index contributed by atoms with van der Waals surface area (Å²) in [6, 6.07) is 17.2. The first-order valence-electron chi connectivity index (χ1n) is 11.9. The summed E-state index contributed by atoms with van der Waals surface area (Å²) in [7, 11) is -2.10. The number of nitrogens with one attached hydrogen (secondary N) is 1. The SMILES string of the molecule is CC[C@@H](C)NC(=O)[C@@H](CC)N(Cc1ccccc1)C(=O)CCCN(C)S(=O)(=O)c1ccccc1. The molecule has 0 bridgehead atoms. The molecule has 2 amide bonds. The molecule has 1 N–H and O–H groups in total. The van der Waals surface area contributed by atoms with Gasteiger partial charge >= 0.3 is 0 Å². The van der Waals surface area contributed by atoms with Crippen LogP contribution in [0.3, 0.4) is 0 Å². The second-order valence-corrected chi connectivity index (χ2v) is 10.5. The largest absolute Gasteiger partial charge is 0.352 e. The van der Waals surface area contributed by atoms with Gasteiger partial charge in [-0.3, -0.25) is 9.59 Å². The lowest BCUT2D eigenvalue weighted by Gasteiger charge is -2.31. The van der Waals surface area contributed by atoms with Gasteiger partial charge < -0.3 is 10.2 Å². The molecule has 2 aromatic carbocycles. The molecular weight excluding hydrogens is 450 g/mol. The van der Waals surface area contributed by atoms with Crippen molar-refractivity contribution in [1.29, 1.82) is 0 Å². The van der Waals surface area contributed by atoms with E-state index >= 15 is 0 Å². The fourth-order valence-electron chi connectivity index (χ4n) is 3.63. The Morgan fingerprint density at radius 2 is 1.53 bits per heavy atom. The molecule has 2 aromatic rings. The lowest BCUT2D eigenvalue weighted by atomic mass is 10.1. The number of carbonyl (C=O) groups excluding carboxylic acids is 2. The van der Waals surface area contributed by atoms with Gasteiger partial charge in [0.25, 0.3) is 0 Å². The zero-order valence-electron chi connectivity index (χ0n) is 20.6. The highest BCUT2D eigenvalue weighted by molar-refractivity contribution is 7.89. The van der Waals surface area contributed by atoms with Crippen LogP contribution >= 0.6 is 0 Å². The van der Waals surface area contributed by atoms with Crippen LogP contribution in [0.15, 0.2) is 65.6 Å². The van der Waals surface area contributed by atoms with Crippen LogP contribution in [-0.4, -0.2) is 55.1 Å². The van der Waals surface area contributed by atoms with Crippen LogP contribution in [0.4, 0.5) is 0 Å². The number of benzene rings is 2. The van der Waals surface area contributed by atoms with E-state index < -0.39 is 16.1 Å². The average Bonchev–Trinajstić information content (AvgIpc) is 2.84. The first-order chi connectivity index (χ1) is 16.2. The molecule has 8 heteroatoms. The van der Waals surface area contributed by atoms with Gasteiger partial charge in [-0.1, -0.05) is 62.4 Å². The molecule has 34 heavy (non-hydrogen) atoms. The summed E-state index contributed by atoms with van der Waals surface area (Å²) in [6.07, 6.45) is 1.80. The highest BCUT2D eigenvalue weighted by Crippen LogP contribution is 2.17. The molecule has 2 atom stereocenters. The van der Waals surface area contributed by atoms with Crippen molar-refractivity contribution in [3.05, 3.63) is 66.2 Å². The second kappa shape index (κ2) is 13.2. The van der Waals surface area contributed by atoms with Gasteiger partial charge in [0.05, 0.1) is 4.90 Å². The fourth-order valence-corrected chi connectivity index (χ4v) is 4.86. The van der Waals surface area contributed by atoms with Crippen molar-refractivity contribution in [2.75, 3.05) is 13.6 Å². The lowest BCUT2D eigenvalue weighted by Crippen LogP contribution is -2.50. The number of sulfonamides is 1. The number of hydrogen-bond donors (Lipinski definition) is 1. The Labute approximate surface area is 204 Å². The van der Waals surface area contributed by atoms with Gasteiger partial charge in [-0.25, -0.2) is 12.7 Å². The molecule has 0 unspecified atom stereocenters. The summed E-state index contributed by atoms with van der Waals surface area (Å²) in [4.78, 5) is 28.1. The number of amides is 2. The van der Waals surface area contributed by atoms with E-state index in [9.17, 15) is 18.0 Å². The first-order valence-corrected chi connectivity index (χ1v) is 13.3. The molecule has 0 fully saturated rings. The van der Waals surface area contributed by atoms with E-state index in [2.05, 4.69) is 5.32 Å². The molecule has 0 aliphatic carbocycles. The molecule has 2 rings (SSSR count). The topological polar surface area (TPSA) is 86.8 Å². The van der Waals surface area contributed by atoms with Gasteiger partial charge in [0.2, 0.25) is 21.8 Å². The zero-order valence-corrected chi connectivity index (χ0v) is 21.4. The van der Waals surface area contributed by atoms with Crippen LogP contribution in [0.1, 0.15) is 52.0 Å². The van der Waals surface area contributed by atoms with Crippen molar-refractivity contribution in [1.82, 2.24) is 14.5 Å². The summed E-state index contributed by atoms with van der Waals surface area (Å²) in [5.41, 5.74) is 0.939. The van der Waals surface area contributed by atoms with Crippen LogP contribution in [0.5, 0.6) is 0 Å². The number of rotatable bonds is 13. The molecule has 0 aromatic heterocycles. The van der Waals surface area contributed by atoms with E-state index in [-0.39, 0.29) is 35.7 Å². The quantitative estimate of drug-likeness (QED) is 0.465. The molecule has 7 nitrogen and oxygen atoms in total. The Morgan fingerprint density at radius 1 is 0.941 bits per heavy atom. The van der Waals surface area contributed by atoms with Crippen LogP contribution in [0.2, 0.25) is 0 Å². The Balaban J connectivity index is 2.10. The van der Waals surface area contributed by atoms with Crippen molar-refractivity contribution in [2.45, 2.75) is 70.0 Å². The minimum Gasteiger partial charge on any atom is -0.352 e. The number of hydrogen-bond acceptors (Lipinski definition) is 4. The highest BCUT2D eigenvalue weighted by atomic mass is 32.2.